The Morgan fingerprint density at radius 3 is 1.96 bits per heavy atom. The third-order valence-electron chi connectivity index (χ3n) is 5.14. The first-order valence-electron chi connectivity index (χ1n) is 10.9. The van der Waals surface area contributed by atoms with Crippen molar-refractivity contribution in [3.05, 3.63) is 0 Å². The van der Waals surface area contributed by atoms with Crippen molar-refractivity contribution >= 4 is 11.9 Å². The summed E-state index contributed by atoms with van der Waals surface area (Å²) >= 11 is 0. The molecule has 0 aromatic heterocycles. The van der Waals surface area contributed by atoms with Gasteiger partial charge in [0.05, 0.1) is 25.0 Å². The van der Waals surface area contributed by atoms with E-state index in [-0.39, 0.29) is 23.8 Å². The van der Waals surface area contributed by atoms with Crippen molar-refractivity contribution in [1.29, 1.82) is 0 Å². The number of unbranched alkanes of at least 4 members (excludes halogenated alkanes) is 7. The van der Waals surface area contributed by atoms with Gasteiger partial charge >= 0.3 is 11.9 Å². The fourth-order valence-electron chi connectivity index (χ4n) is 3.51. The Labute approximate surface area is 160 Å². The molecule has 1 rings (SSSR count). The fourth-order valence-corrected chi connectivity index (χ4v) is 3.51. The molecule has 0 saturated heterocycles. The van der Waals surface area contributed by atoms with E-state index >= 15 is 0 Å². The number of esters is 2. The molecule has 1 saturated carbocycles. The predicted molar refractivity (Wildman–Crippen MR) is 105 cm³/mol. The van der Waals surface area contributed by atoms with Crippen LogP contribution in [0.15, 0.2) is 0 Å². The lowest BCUT2D eigenvalue weighted by atomic mass is 9.81. The van der Waals surface area contributed by atoms with Crippen LogP contribution in [-0.4, -0.2) is 25.2 Å². The molecule has 1 aliphatic rings. The summed E-state index contributed by atoms with van der Waals surface area (Å²) in [6.45, 7) is 7.27. The predicted octanol–water partition coefficient (Wildman–Crippen LogP) is 5.68. The van der Waals surface area contributed by atoms with Crippen LogP contribution >= 0.6 is 0 Å². The summed E-state index contributed by atoms with van der Waals surface area (Å²) in [7, 11) is 0. The highest BCUT2D eigenvalue weighted by molar-refractivity contribution is 5.76. The Morgan fingerprint density at radius 2 is 1.38 bits per heavy atom. The van der Waals surface area contributed by atoms with Gasteiger partial charge in [-0.2, -0.15) is 0 Å². The van der Waals surface area contributed by atoms with Gasteiger partial charge in [0.15, 0.2) is 0 Å². The van der Waals surface area contributed by atoms with Gasteiger partial charge in [0.1, 0.15) is 0 Å². The SMILES string of the molecule is CCCCCCCCCCOC(=O)C1CCCC(C(=O)OCC(C)C)C1. The zero-order valence-electron chi connectivity index (χ0n) is 17.3. The molecule has 1 fully saturated rings. The molecule has 26 heavy (non-hydrogen) atoms. The van der Waals surface area contributed by atoms with E-state index < -0.39 is 0 Å². The van der Waals surface area contributed by atoms with Gasteiger partial charge in [-0.25, -0.2) is 0 Å². The average Bonchev–Trinajstić information content (AvgIpc) is 2.64. The Kier molecular flexibility index (Phi) is 12.4. The second kappa shape index (κ2) is 14.1. The van der Waals surface area contributed by atoms with Crippen LogP contribution in [0.5, 0.6) is 0 Å². The van der Waals surface area contributed by atoms with Crippen molar-refractivity contribution in [2.24, 2.45) is 17.8 Å². The molecule has 2 unspecified atom stereocenters. The summed E-state index contributed by atoms with van der Waals surface area (Å²) in [4.78, 5) is 24.4. The minimum Gasteiger partial charge on any atom is -0.465 e. The molecule has 0 aromatic carbocycles. The monoisotopic (exact) mass is 368 g/mol. The summed E-state index contributed by atoms with van der Waals surface area (Å²) in [6.07, 6.45) is 13.1. The van der Waals surface area contributed by atoms with Gasteiger partial charge in [-0.3, -0.25) is 9.59 Å². The molecule has 0 amide bonds. The second-order valence-electron chi connectivity index (χ2n) is 8.23. The van der Waals surface area contributed by atoms with Crippen LogP contribution in [0.3, 0.4) is 0 Å². The molecule has 0 radical (unpaired) electrons. The van der Waals surface area contributed by atoms with E-state index in [0.717, 1.165) is 32.1 Å². The van der Waals surface area contributed by atoms with Crippen LogP contribution < -0.4 is 0 Å². The molecule has 4 heteroatoms. The molecule has 0 spiro atoms. The Bertz CT molecular complexity index is 392. The summed E-state index contributed by atoms with van der Waals surface area (Å²) < 4.78 is 10.8. The first kappa shape index (κ1) is 23.0. The van der Waals surface area contributed by atoms with E-state index in [2.05, 4.69) is 6.92 Å². The second-order valence-corrected chi connectivity index (χ2v) is 8.23. The lowest BCUT2D eigenvalue weighted by molar-refractivity contribution is -0.155. The van der Waals surface area contributed by atoms with Crippen LogP contribution in [0, 0.1) is 17.8 Å². The van der Waals surface area contributed by atoms with Gasteiger partial charge in [-0.15, -0.1) is 0 Å². The molecule has 0 aliphatic heterocycles. The fraction of sp³-hybridized carbons (Fsp3) is 0.909. The minimum absolute atomic E-state index is 0.116. The Morgan fingerprint density at radius 1 is 0.846 bits per heavy atom. The summed E-state index contributed by atoms with van der Waals surface area (Å²) in [5.41, 5.74) is 0. The molecule has 0 aromatic rings. The quantitative estimate of drug-likeness (QED) is 0.310. The lowest BCUT2D eigenvalue weighted by Gasteiger charge is -2.26. The number of rotatable bonds is 13. The largest absolute Gasteiger partial charge is 0.465 e. The van der Waals surface area contributed by atoms with Crippen molar-refractivity contribution < 1.29 is 19.1 Å². The maximum Gasteiger partial charge on any atom is 0.308 e. The molecule has 1 aliphatic carbocycles. The van der Waals surface area contributed by atoms with Crippen molar-refractivity contribution in [3.63, 3.8) is 0 Å². The van der Waals surface area contributed by atoms with E-state index in [0.29, 0.717) is 25.6 Å². The van der Waals surface area contributed by atoms with Crippen molar-refractivity contribution in [3.8, 4) is 0 Å². The minimum atomic E-state index is -0.140. The molecule has 0 N–H and O–H groups in total. The zero-order chi connectivity index (χ0) is 19.2. The highest BCUT2D eigenvalue weighted by atomic mass is 16.5. The van der Waals surface area contributed by atoms with Crippen molar-refractivity contribution in [1.82, 2.24) is 0 Å². The first-order valence-corrected chi connectivity index (χ1v) is 10.9. The highest BCUT2D eigenvalue weighted by Crippen LogP contribution is 2.31. The van der Waals surface area contributed by atoms with Gasteiger partial charge in [0, 0.05) is 0 Å². The molecule has 0 heterocycles. The lowest BCUT2D eigenvalue weighted by Crippen LogP contribution is -2.30. The van der Waals surface area contributed by atoms with E-state index in [1.807, 2.05) is 13.8 Å². The normalized spacial score (nSPS) is 20.2. The van der Waals surface area contributed by atoms with Crippen molar-refractivity contribution in [2.45, 2.75) is 97.8 Å². The summed E-state index contributed by atoms with van der Waals surface area (Å²) in [5.74, 6) is -0.180. The van der Waals surface area contributed by atoms with Crippen molar-refractivity contribution in [2.75, 3.05) is 13.2 Å². The number of hydrogen-bond acceptors (Lipinski definition) is 4. The van der Waals surface area contributed by atoms with Crippen LogP contribution in [0.25, 0.3) is 0 Å². The summed E-state index contributed by atoms with van der Waals surface area (Å²) in [5, 5.41) is 0. The van der Waals surface area contributed by atoms with E-state index in [1.54, 1.807) is 0 Å². The first-order chi connectivity index (χ1) is 12.5. The molecular formula is C22H40O4. The molecular weight excluding hydrogens is 328 g/mol. The average molecular weight is 369 g/mol. The van der Waals surface area contributed by atoms with E-state index in [4.69, 9.17) is 9.47 Å². The molecule has 4 nitrogen and oxygen atoms in total. The topological polar surface area (TPSA) is 52.6 Å². The smallest absolute Gasteiger partial charge is 0.308 e. The summed E-state index contributed by atoms with van der Waals surface area (Å²) in [6, 6.07) is 0. The maximum absolute atomic E-state index is 12.3. The number of ether oxygens (including phenoxy) is 2. The van der Waals surface area contributed by atoms with Crippen LogP contribution in [0.4, 0.5) is 0 Å². The molecule has 0 bridgehead atoms. The molecule has 152 valence electrons. The van der Waals surface area contributed by atoms with Crippen LogP contribution in [0.2, 0.25) is 0 Å². The number of carbonyl (C=O) groups excluding carboxylic acids is 2. The highest BCUT2D eigenvalue weighted by Gasteiger charge is 2.32. The van der Waals surface area contributed by atoms with E-state index in [9.17, 15) is 9.59 Å². The van der Waals surface area contributed by atoms with Crippen LogP contribution in [0.1, 0.15) is 97.8 Å². The number of hydrogen-bond donors (Lipinski definition) is 0. The maximum atomic E-state index is 12.3. The van der Waals surface area contributed by atoms with Gasteiger partial charge < -0.3 is 9.47 Å². The van der Waals surface area contributed by atoms with Gasteiger partial charge in [0.2, 0.25) is 0 Å². The Balaban J connectivity index is 2.13. The van der Waals surface area contributed by atoms with E-state index in [1.165, 1.54) is 38.5 Å². The Hall–Kier alpha value is -1.06. The number of carbonyl (C=O) groups is 2. The van der Waals surface area contributed by atoms with Gasteiger partial charge in [-0.1, -0.05) is 72.1 Å². The van der Waals surface area contributed by atoms with Gasteiger partial charge in [0.25, 0.3) is 0 Å². The molecule has 2 atom stereocenters. The third-order valence-corrected chi connectivity index (χ3v) is 5.14. The standard InChI is InChI=1S/C22H40O4/c1-4-5-6-7-8-9-10-11-15-25-21(23)19-13-12-14-20(16-19)22(24)26-17-18(2)3/h18-20H,4-17H2,1-3H3. The van der Waals surface area contributed by atoms with Gasteiger partial charge in [-0.05, 0) is 31.6 Å². The zero-order valence-corrected chi connectivity index (χ0v) is 17.3. The third kappa shape index (κ3) is 10.2. The van der Waals surface area contributed by atoms with Crippen LogP contribution in [-0.2, 0) is 19.1 Å².